The van der Waals surface area contributed by atoms with Crippen molar-refractivity contribution in [3.05, 3.63) is 0 Å². The summed E-state index contributed by atoms with van der Waals surface area (Å²) in [5.74, 6) is -0.326. The Labute approximate surface area is 110 Å². The van der Waals surface area contributed by atoms with Crippen LogP contribution in [0.5, 0.6) is 0 Å². The summed E-state index contributed by atoms with van der Waals surface area (Å²) in [4.78, 5) is 11.5. The van der Waals surface area contributed by atoms with Crippen LogP contribution >= 0.6 is 11.8 Å². The van der Waals surface area contributed by atoms with Gasteiger partial charge in [-0.1, -0.05) is 13.8 Å². The number of hydrogen-bond donors (Lipinski definition) is 1. The lowest BCUT2D eigenvalue weighted by Gasteiger charge is -2.25. The first-order valence-electron chi connectivity index (χ1n) is 5.61. The van der Waals surface area contributed by atoms with E-state index < -0.39 is 23.2 Å². The summed E-state index contributed by atoms with van der Waals surface area (Å²) >= 11 is -0.140. The molecule has 0 radical (unpaired) electrons. The molecular formula is C11H20F3NO2S. The Morgan fingerprint density at radius 1 is 1.28 bits per heavy atom. The van der Waals surface area contributed by atoms with Crippen molar-refractivity contribution >= 4 is 17.9 Å². The smallest absolute Gasteiger partial charge is 0.441 e. The largest absolute Gasteiger partial charge is 0.444 e. The molecule has 108 valence electrons. The van der Waals surface area contributed by atoms with E-state index in [2.05, 4.69) is 5.32 Å². The van der Waals surface area contributed by atoms with Crippen molar-refractivity contribution in [3.63, 3.8) is 0 Å². The number of thioether (sulfide) groups is 1. The van der Waals surface area contributed by atoms with Crippen LogP contribution in [0, 0.1) is 5.92 Å². The van der Waals surface area contributed by atoms with Gasteiger partial charge in [0.25, 0.3) is 0 Å². The standard InChI is InChI=1S/C11H20F3NO2S/c1-7(2)8(6-18-11(12,13)14)15-9(16)17-10(3,4)5/h7-8H,6H2,1-5H3,(H,15,16)/t8-/m1/s1. The summed E-state index contributed by atoms with van der Waals surface area (Å²) in [5, 5.41) is 2.46. The molecule has 0 aromatic rings. The molecule has 3 nitrogen and oxygen atoms in total. The van der Waals surface area contributed by atoms with Gasteiger partial charge in [-0.25, -0.2) is 4.79 Å². The highest BCUT2D eigenvalue weighted by molar-refractivity contribution is 8.00. The predicted molar refractivity (Wildman–Crippen MR) is 66.5 cm³/mol. The van der Waals surface area contributed by atoms with Crippen molar-refractivity contribution in [2.24, 2.45) is 5.92 Å². The van der Waals surface area contributed by atoms with Crippen LogP contribution in [0.4, 0.5) is 18.0 Å². The lowest BCUT2D eigenvalue weighted by atomic mass is 10.1. The molecule has 0 rings (SSSR count). The third-order valence-corrected chi connectivity index (χ3v) is 2.79. The van der Waals surface area contributed by atoms with Gasteiger partial charge in [-0.15, -0.1) is 0 Å². The van der Waals surface area contributed by atoms with Crippen LogP contribution < -0.4 is 5.32 Å². The Bertz CT molecular complexity index is 274. The van der Waals surface area contributed by atoms with Crippen LogP contribution in [-0.4, -0.2) is 29.0 Å². The fourth-order valence-corrected chi connectivity index (χ4v) is 1.88. The molecule has 0 heterocycles. The maximum Gasteiger partial charge on any atom is 0.441 e. The topological polar surface area (TPSA) is 38.3 Å². The van der Waals surface area contributed by atoms with Gasteiger partial charge in [0, 0.05) is 11.8 Å². The van der Waals surface area contributed by atoms with Gasteiger partial charge in [0.05, 0.1) is 0 Å². The zero-order valence-corrected chi connectivity index (χ0v) is 12.0. The molecule has 0 saturated carbocycles. The summed E-state index contributed by atoms with van der Waals surface area (Å²) in [6, 6.07) is -0.577. The molecule has 0 aliphatic heterocycles. The van der Waals surface area contributed by atoms with Crippen molar-refractivity contribution < 1.29 is 22.7 Å². The summed E-state index contributed by atoms with van der Waals surface area (Å²) in [5.41, 5.74) is -4.95. The number of hydrogen-bond acceptors (Lipinski definition) is 3. The van der Waals surface area contributed by atoms with Gasteiger partial charge in [0.2, 0.25) is 0 Å². The summed E-state index contributed by atoms with van der Waals surface area (Å²) in [6.07, 6.45) is -0.691. The van der Waals surface area contributed by atoms with E-state index in [1.807, 2.05) is 0 Å². The van der Waals surface area contributed by atoms with Crippen molar-refractivity contribution in [2.75, 3.05) is 5.75 Å². The Balaban J connectivity index is 4.33. The number of halogens is 3. The molecule has 0 unspecified atom stereocenters. The minimum absolute atomic E-state index is 0.104. The van der Waals surface area contributed by atoms with E-state index in [-0.39, 0.29) is 23.4 Å². The van der Waals surface area contributed by atoms with Crippen molar-refractivity contribution in [2.45, 2.75) is 51.8 Å². The molecule has 7 heteroatoms. The molecule has 18 heavy (non-hydrogen) atoms. The van der Waals surface area contributed by atoms with Crippen molar-refractivity contribution in [3.8, 4) is 0 Å². The van der Waals surface area contributed by atoms with Gasteiger partial charge in [0.1, 0.15) is 5.60 Å². The number of nitrogens with one attached hydrogen (secondary N) is 1. The van der Waals surface area contributed by atoms with Gasteiger partial charge < -0.3 is 10.1 Å². The second kappa shape index (κ2) is 6.54. The van der Waals surface area contributed by atoms with Crippen LogP contribution in [0.3, 0.4) is 0 Å². The molecule has 1 N–H and O–H groups in total. The Morgan fingerprint density at radius 3 is 2.11 bits per heavy atom. The first-order valence-corrected chi connectivity index (χ1v) is 6.59. The fraction of sp³-hybridized carbons (Fsp3) is 0.909. The lowest BCUT2D eigenvalue weighted by molar-refractivity contribution is -0.0330. The predicted octanol–water partition coefficient (Wildman–Crippen LogP) is 3.79. The van der Waals surface area contributed by atoms with Crippen LogP contribution in [0.2, 0.25) is 0 Å². The molecular weight excluding hydrogens is 267 g/mol. The van der Waals surface area contributed by atoms with Crippen LogP contribution in [-0.2, 0) is 4.74 Å². The van der Waals surface area contributed by atoms with Gasteiger partial charge in [-0.05, 0) is 38.5 Å². The van der Waals surface area contributed by atoms with Crippen molar-refractivity contribution in [1.82, 2.24) is 5.32 Å². The molecule has 0 aromatic heterocycles. The van der Waals surface area contributed by atoms with Gasteiger partial charge in [0.15, 0.2) is 0 Å². The normalized spacial score (nSPS) is 14.5. The molecule has 1 atom stereocenters. The van der Waals surface area contributed by atoms with E-state index in [0.29, 0.717) is 0 Å². The van der Waals surface area contributed by atoms with E-state index >= 15 is 0 Å². The minimum atomic E-state index is -4.29. The maximum atomic E-state index is 12.1. The van der Waals surface area contributed by atoms with E-state index in [1.165, 1.54) is 0 Å². The van der Waals surface area contributed by atoms with Gasteiger partial charge in [-0.2, -0.15) is 13.2 Å². The van der Waals surface area contributed by atoms with E-state index in [9.17, 15) is 18.0 Å². The lowest BCUT2D eigenvalue weighted by Crippen LogP contribution is -2.43. The fourth-order valence-electron chi connectivity index (χ4n) is 1.04. The highest BCUT2D eigenvalue weighted by atomic mass is 32.2. The molecule has 0 aliphatic rings. The molecule has 1 amide bonds. The SMILES string of the molecule is CC(C)[C@@H](CSC(F)(F)F)NC(=O)OC(C)(C)C. The highest BCUT2D eigenvalue weighted by Crippen LogP contribution is 2.31. The maximum absolute atomic E-state index is 12.1. The second-order valence-corrected chi connectivity index (χ2v) is 6.34. The van der Waals surface area contributed by atoms with Crippen LogP contribution in [0.25, 0.3) is 0 Å². The van der Waals surface area contributed by atoms with Crippen LogP contribution in [0.1, 0.15) is 34.6 Å². The summed E-state index contributed by atoms with van der Waals surface area (Å²) < 4.78 is 41.3. The average Bonchev–Trinajstić information content (AvgIpc) is 2.06. The van der Waals surface area contributed by atoms with Crippen molar-refractivity contribution in [1.29, 1.82) is 0 Å². The van der Waals surface area contributed by atoms with Gasteiger partial charge in [-0.3, -0.25) is 0 Å². The Hall–Kier alpha value is -0.590. The quantitative estimate of drug-likeness (QED) is 0.855. The monoisotopic (exact) mass is 287 g/mol. The van der Waals surface area contributed by atoms with E-state index in [4.69, 9.17) is 4.74 Å². The highest BCUT2D eigenvalue weighted by Gasteiger charge is 2.31. The summed E-state index contributed by atoms with van der Waals surface area (Å²) in [6.45, 7) is 8.59. The minimum Gasteiger partial charge on any atom is -0.444 e. The second-order valence-electron chi connectivity index (χ2n) is 5.25. The third kappa shape index (κ3) is 9.44. The zero-order valence-electron chi connectivity index (χ0n) is 11.2. The number of ether oxygens (including phenoxy) is 1. The van der Waals surface area contributed by atoms with Gasteiger partial charge >= 0.3 is 11.6 Å². The number of alkyl carbamates (subject to hydrolysis) is 1. The first-order chi connectivity index (χ1) is 7.91. The molecule has 0 aromatic carbocycles. The number of carbonyl (C=O) groups excluding carboxylic acids is 1. The van der Waals surface area contributed by atoms with E-state index in [0.717, 1.165) is 0 Å². The molecule has 0 aliphatic carbocycles. The number of rotatable bonds is 4. The average molecular weight is 287 g/mol. The molecule has 0 spiro atoms. The van der Waals surface area contributed by atoms with E-state index in [1.54, 1.807) is 34.6 Å². The molecule has 0 bridgehead atoms. The number of alkyl halides is 3. The van der Waals surface area contributed by atoms with Crippen LogP contribution in [0.15, 0.2) is 0 Å². The number of amides is 1. The first kappa shape index (κ1) is 17.4. The Morgan fingerprint density at radius 2 is 1.78 bits per heavy atom. The zero-order chi connectivity index (χ0) is 14.6. The summed E-state index contributed by atoms with van der Waals surface area (Å²) in [7, 11) is 0. The third-order valence-electron chi connectivity index (χ3n) is 1.93. The molecule has 0 fully saturated rings. The Kier molecular flexibility index (Phi) is 6.33. The number of carbonyl (C=O) groups is 1. The molecule has 0 saturated heterocycles.